The Morgan fingerprint density at radius 1 is 1.40 bits per heavy atom. The first-order chi connectivity index (χ1) is 9.53. The number of hydrogen-bond donors (Lipinski definition) is 1. The molecule has 2 heterocycles. The second-order valence-electron chi connectivity index (χ2n) is 6.85. The highest BCUT2D eigenvalue weighted by atomic mass is 32.1. The van der Waals surface area contributed by atoms with Crippen molar-refractivity contribution in [2.75, 3.05) is 18.0 Å². The second kappa shape index (κ2) is 5.35. The van der Waals surface area contributed by atoms with Gasteiger partial charge in [-0.05, 0) is 31.1 Å². The van der Waals surface area contributed by atoms with E-state index in [9.17, 15) is 4.79 Å². The predicted octanol–water partition coefficient (Wildman–Crippen LogP) is 2.66. The lowest BCUT2D eigenvalue weighted by atomic mass is 9.64. The predicted molar refractivity (Wildman–Crippen MR) is 82.0 cm³/mol. The smallest absolute Gasteiger partial charge is 0.223 e. The van der Waals surface area contributed by atoms with Crippen molar-refractivity contribution >= 4 is 22.4 Å². The number of hydrogen-bond acceptors (Lipinski definition) is 4. The molecule has 0 bridgehead atoms. The average Bonchev–Trinajstić information content (AvgIpc) is 2.90. The van der Waals surface area contributed by atoms with Gasteiger partial charge in [-0.25, -0.2) is 4.98 Å². The molecule has 4 nitrogen and oxygen atoms in total. The van der Waals surface area contributed by atoms with Crippen molar-refractivity contribution in [3.8, 4) is 0 Å². The molecule has 1 aliphatic carbocycles. The highest BCUT2D eigenvalue weighted by molar-refractivity contribution is 7.13. The number of aromatic nitrogens is 1. The first kappa shape index (κ1) is 13.9. The van der Waals surface area contributed by atoms with E-state index in [0.717, 1.165) is 43.9 Å². The first-order valence-electron chi connectivity index (χ1n) is 7.48. The largest absolute Gasteiger partial charge is 0.353 e. The number of nitrogens with zero attached hydrogens (tertiary/aromatic N) is 2. The van der Waals surface area contributed by atoms with Crippen molar-refractivity contribution in [1.29, 1.82) is 0 Å². The average molecular weight is 293 g/mol. The van der Waals surface area contributed by atoms with Crippen LogP contribution in [0.25, 0.3) is 0 Å². The van der Waals surface area contributed by atoms with Gasteiger partial charge < -0.3 is 10.2 Å². The van der Waals surface area contributed by atoms with Crippen molar-refractivity contribution in [1.82, 2.24) is 10.3 Å². The molecule has 0 spiro atoms. The van der Waals surface area contributed by atoms with Crippen LogP contribution < -0.4 is 10.2 Å². The normalized spacial score (nSPS) is 23.4. The fraction of sp³-hybridized carbons (Fsp3) is 0.733. The molecule has 1 saturated heterocycles. The molecule has 1 aliphatic heterocycles. The van der Waals surface area contributed by atoms with Gasteiger partial charge in [-0.3, -0.25) is 4.79 Å². The molecule has 0 atom stereocenters. The Balaban J connectivity index is 1.44. The highest BCUT2D eigenvalue weighted by Gasteiger charge is 2.40. The SMILES string of the molecule is CC1(C)CC(C(=O)NC2CCN(c3nccs3)CC2)C1. The van der Waals surface area contributed by atoms with Crippen LogP contribution in [-0.4, -0.2) is 30.0 Å². The Hall–Kier alpha value is -1.10. The van der Waals surface area contributed by atoms with Crippen LogP contribution in [-0.2, 0) is 4.79 Å². The van der Waals surface area contributed by atoms with Gasteiger partial charge in [-0.2, -0.15) is 0 Å². The zero-order chi connectivity index (χ0) is 14.2. The third-order valence-corrected chi connectivity index (χ3v) is 5.33. The van der Waals surface area contributed by atoms with E-state index in [0.29, 0.717) is 11.5 Å². The Morgan fingerprint density at radius 2 is 2.10 bits per heavy atom. The number of carbonyl (C=O) groups excluding carboxylic acids is 1. The lowest BCUT2D eigenvalue weighted by Crippen LogP contribution is -2.49. The number of rotatable bonds is 3. The number of carbonyl (C=O) groups is 1. The van der Waals surface area contributed by atoms with Gasteiger partial charge >= 0.3 is 0 Å². The zero-order valence-electron chi connectivity index (χ0n) is 12.3. The number of piperidine rings is 1. The second-order valence-corrected chi connectivity index (χ2v) is 7.73. The summed E-state index contributed by atoms with van der Waals surface area (Å²) in [5.74, 6) is 0.527. The lowest BCUT2D eigenvalue weighted by Gasteiger charge is -2.42. The third kappa shape index (κ3) is 2.97. The van der Waals surface area contributed by atoms with Gasteiger partial charge in [0.2, 0.25) is 5.91 Å². The van der Waals surface area contributed by atoms with Crippen LogP contribution in [0, 0.1) is 11.3 Å². The molecule has 1 N–H and O–H groups in total. The van der Waals surface area contributed by atoms with E-state index in [1.165, 1.54) is 0 Å². The summed E-state index contributed by atoms with van der Waals surface area (Å²) in [6.45, 7) is 6.47. The Kier molecular flexibility index (Phi) is 3.71. The van der Waals surface area contributed by atoms with Crippen molar-refractivity contribution in [3.05, 3.63) is 11.6 Å². The number of anilines is 1. The Labute approximate surface area is 124 Å². The number of nitrogens with one attached hydrogen (secondary N) is 1. The van der Waals surface area contributed by atoms with Crippen LogP contribution >= 0.6 is 11.3 Å². The van der Waals surface area contributed by atoms with Gasteiger partial charge in [0.1, 0.15) is 0 Å². The molecule has 110 valence electrons. The lowest BCUT2D eigenvalue weighted by molar-refractivity contribution is -0.132. The van der Waals surface area contributed by atoms with Crippen molar-refractivity contribution in [2.45, 2.75) is 45.6 Å². The molecular formula is C15H23N3OS. The summed E-state index contributed by atoms with van der Waals surface area (Å²) < 4.78 is 0. The molecule has 1 aromatic heterocycles. The van der Waals surface area contributed by atoms with Gasteiger partial charge in [0, 0.05) is 36.6 Å². The molecule has 0 radical (unpaired) electrons. The van der Waals surface area contributed by atoms with Gasteiger partial charge in [-0.15, -0.1) is 11.3 Å². The van der Waals surface area contributed by atoms with Gasteiger partial charge in [0.15, 0.2) is 5.13 Å². The van der Waals surface area contributed by atoms with Gasteiger partial charge in [-0.1, -0.05) is 13.8 Å². The van der Waals surface area contributed by atoms with Crippen molar-refractivity contribution in [2.24, 2.45) is 11.3 Å². The summed E-state index contributed by atoms with van der Waals surface area (Å²) in [7, 11) is 0. The quantitative estimate of drug-likeness (QED) is 0.932. The van der Waals surface area contributed by atoms with Crippen LogP contribution in [0.1, 0.15) is 39.5 Å². The standard InChI is InChI=1S/C15H23N3OS/c1-15(2)9-11(10-15)13(19)17-12-3-6-18(7-4-12)14-16-5-8-20-14/h5,8,11-12H,3-4,6-7,9-10H2,1-2H3,(H,17,19). The van der Waals surface area contributed by atoms with Crippen LogP contribution in [0.3, 0.4) is 0 Å². The Bertz CT molecular complexity index is 455. The molecule has 1 amide bonds. The monoisotopic (exact) mass is 293 g/mol. The fourth-order valence-electron chi connectivity index (χ4n) is 3.37. The first-order valence-corrected chi connectivity index (χ1v) is 8.36. The van der Waals surface area contributed by atoms with E-state index >= 15 is 0 Å². The van der Waals surface area contributed by atoms with Crippen LogP contribution in [0.5, 0.6) is 0 Å². The van der Waals surface area contributed by atoms with E-state index in [2.05, 4.69) is 29.0 Å². The fourth-order valence-corrected chi connectivity index (χ4v) is 4.06. The van der Waals surface area contributed by atoms with E-state index in [1.807, 2.05) is 11.6 Å². The minimum Gasteiger partial charge on any atom is -0.353 e. The van der Waals surface area contributed by atoms with Crippen molar-refractivity contribution < 1.29 is 4.79 Å². The molecule has 1 saturated carbocycles. The maximum atomic E-state index is 12.2. The maximum Gasteiger partial charge on any atom is 0.223 e. The molecule has 5 heteroatoms. The minimum absolute atomic E-state index is 0.252. The van der Waals surface area contributed by atoms with Gasteiger partial charge in [0.25, 0.3) is 0 Å². The van der Waals surface area contributed by atoms with E-state index in [4.69, 9.17) is 0 Å². The van der Waals surface area contributed by atoms with E-state index in [1.54, 1.807) is 11.3 Å². The molecule has 0 aromatic carbocycles. The summed E-state index contributed by atoms with van der Waals surface area (Å²) in [6.07, 6.45) is 5.99. The third-order valence-electron chi connectivity index (χ3n) is 4.50. The number of amides is 1. The Morgan fingerprint density at radius 3 is 2.65 bits per heavy atom. The molecule has 3 rings (SSSR count). The molecule has 1 aromatic rings. The van der Waals surface area contributed by atoms with Crippen LogP contribution in [0.2, 0.25) is 0 Å². The number of thiazole rings is 1. The minimum atomic E-state index is 0.252. The summed E-state index contributed by atoms with van der Waals surface area (Å²) in [6, 6.07) is 0.349. The van der Waals surface area contributed by atoms with Gasteiger partial charge in [0.05, 0.1) is 0 Å². The summed E-state index contributed by atoms with van der Waals surface area (Å²) >= 11 is 1.69. The molecule has 2 fully saturated rings. The summed E-state index contributed by atoms with van der Waals surface area (Å²) in [5.41, 5.74) is 0.371. The van der Waals surface area contributed by atoms with Crippen molar-refractivity contribution in [3.63, 3.8) is 0 Å². The topological polar surface area (TPSA) is 45.2 Å². The summed E-state index contributed by atoms with van der Waals surface area (Å²) in [4.78, 5) is 18.8. The van der Waals surface area contributed by atoms with Crippen LogP contribution in [0.15, 0.2) is 11.6 Å². The molecular weight excluding hydrogens is 270 g/mol. The van der Waals surface area contributed by atoms with E-state index < -0.39 is 0 Å². The molecule has 20 heavy (non-hydrogen) atoms. The van der Waals surface area contributed by atoms with Crippen LogP contribution in [0.4, 0.5) is 5.13 Å². The molecule has 2 aliphatic rings. The highest BCUT2D eigenvalue weighted by Crippen LogP contribution is 2.44. The van der Waals surface area contributed by atoms with E-state index in [-0.39, 0.29) is 11.8 Å². The maximum absolute atomic E-state index is 12.2. The zero-order valence-corrected chi connectivity index (χ0v) is 13.1. The molecule has 0 unspecified atom stereocenters. The summed E-state index contributed by atoms with van der Waals surface area (Å²) in [5, 5.41) is 6.36.